The molecular formula is C27H32O6. The lowest BCUT2D eigenvalue weighted by Crippen LogP contribution is -2.23. The molecule has 0 unspecified atom stereocenters. The van der Waals surface area contributed by atoms with E-state index in [-0.39, 0.29) is 26.4 Å². The maximum atomic E-state index is 11.3. The van der Waals surface area contributed by atoms with E-state index in [0.29, 0.717) is 0 Å². The van der Waals surface area contributed by atoms with Gasteiger partial charge < -0.3 is 18.9 Å². The van der Waals surface area contributed by atoms with E-state index >= 15 is 0 Å². The zero-order valence-electron chi connectivity index (χ0n) is 19.8. The lowest BCUT2D eigenvalue weighted by Gasteiger charge is -2.31. The van der Waals surface area contributed by atoms with Gasteiger partial charge in [0.25, 0.3) is 0 Å². The van der Waals surface area contributed by atoms with Crippen LogP contribution in [-0.4, -0.2) is 38.4 Å². The molecule has 0 saturated carbocycles. The van der Waals surface area contributed by atoms with Gasteiger partial charge in [0.1, 0.15) is 37.9 Å². The van der Waals surface area contributed by atoms with E-state index in [2.05, 4.69) is 27.0 Å². The van der Waals surface area contributed by atoms with Gasteiger partial charge in [0.2, 0.25) is 0 Å². The third-order valence-corrected chi connectivity index (χ3v) is 5.25. The summed E-state index contributed by atoms with van der Waals surface area (Å²) in [6, 6.07) is 12.0. The molecule has 33 heavy (non-hydrogen) atoms. The molecule has 0 radical (unpaired) electrons. The number of hydrogen-bond acceptors (Lipinski definition) is 6. The highest BCUT2D eigenvalue weighted by molar-refractivity contribution is 5.81. The van der Waals surface area contributed by atoms with Crippen LogP contribution in [0.3, 0.4) is 0 Å². The van der Waals surface area contributed by atoms with Crippen LogP contribution in [0.25, 0.3) is 0 Å². The molecule has 2 rings (SSSR count). The zero-order chi connectivity index (χ0) is 24.4. The zero-order valence-corrected chi connectivity index (χ0v) is 19.8. The summed E-state index contributed by atoms with van der Waals surface area (Å²) in [5, 5.41) is 0. The fourth-order valence-electron chi connectivity index (χ4n) is 3.51. The topological polar surface area (TPSA) is 71.1 Å². The first kappa shape index (κ1) is 25.7. The average molecular weight is 453 g/mol. The van der Waals surface area contributed by atoms with E-state index < -0.39 is 17.4 Å². The van der Waals surface area contributed by atoms with Crippen LogP contribution in [-0.2, 0) is 24.5 Å². The highest BCUT2D eigenvalue weighted by Gasteiger charge is 2.31. The Kier molecular flexibility index (Phi) is 9.28. The molecule has 0 saturated heterocycles. The third-order valence-electron chi connectivity index (χ3n) is 5.25. The molecular weight excluding hydrogens is 420 g/mol. The van der Waals surface area contributed by atoms with Crippen molar-refractivity contribution in [3.8, 4) is 11.5 Å². The summed E-state index contributed by atoms with van der Waals surface area (Å²) in [5.41, 5.74) is 3.43. The molecule has 0 atom stereocenters. The second-order valence-electron chi connectivity index (χ2n) is 7.97. The summed E-state index contributed by atoms with van der Waals surface area (Å²) in [7, 11) is 0. The van der Waals surface area contributed by atoms with Crippen molar-refractivity contribution in [1.82, 2.24) is 0 Å². The van der Waals surface area contributed by atoms with Crippen LogP contribution in [0.15, 0.2) is 61.7 Å². The predicted molar refractivity (Wildman–Crippen MR) is 128 cm³/mol. The van der Waals surface area contributed by atoms with Crippen LogP contribution in [0.1, 0.15) is 36.1 Å². The highest BCUT2D eigenvalue weighted by atomic mass is 16.6. The van der Waals surface area contributed by atoms with Crippen molar-refractivity contribution in [3.05, 3.63) is 84.0 Å². The maximum absolute atomic E-state index is 11.3. The lowest BCUT2D eigenvalue weighted by atomic mass is 9.76. The van der Waals surface area contributed by atoms with Crippen molar-refractivity contribution in [2.24, 2.45) is 0 Å². The molecule has 0 spiro atoms. The van der Waals surface area contributed by atoms with Gasteiger partial charge in [0, 0.05) is 28.7 Å². The second-order valence-corrected chi connectivity index (χ2v) is 7.97. The SMILES string of the molecule is C=CC(=O)OCCOc1c(C)cccc1C(C)(C)c1cccc(C)c1OCCOC(=O)C=C. The van der Waals surface area contributed by atoms with Crippen molar-refractivity contribution in [1.29, 1.82) is 0 Å². The molecule has 0 N–H and O–H groups in total. The third kappa shape index (κ3) is 6.72. The van der Waals surface area contributed by atoms with Crippen LogP contribution in [0.4, 0.5) is 0 Å². The van der Waals surface area contributed by atoms with Crippen molar-refractivity contribution in [2.45, 2.75) is 33.1 Å². The summed E-state index contributed by atoms with van der Waals surface area (Å²) >= 11 is 0. The molecule has 0 bridgehead atoms. The van der Waals surface area contributed by atoms with Crippen LogP contribution in [0.5, 0.6) is 11.5 Å². The van der Waals surface area contributed by atoms with Gasteiger partial charge in [-0.3, -0.25) is 0 Å². The van der Waals surface area contributed by atoms with Gasteiger partial charge in [-0.2, -0.15) is 0 Å². The van der Waals surface area contributed by atoms with Gasteiger partial charge in [0.05, 0.1) is 0 Å². The molecule has 0 fully saturated rings. The molecule has 0 aliphatic rings. The number of aryl methyl sites for hydroxylation is 2. The Balaban J connectivity index is 2.30. The number of ether oxygens (including phenoxy) is 4. The van der Waals surface area contributed by atoms with Gasteiger partial charge >= 0.3 is 11.9 Å². The van der Waals surface area contributed by atoms with Crippen LogP contribution in [0, 0.1) is 13.8 Å². The monoisotopic (exact) mass is 452 g/mol. The van der Waals surface area contributed by atoms with Crippen molar-refractivity contribution < 1.29 is 28.5 Å². The Morgan fingerprint density at radius 2 is 1.15 bits per heavy atom. The van der Waals surface area contributed by atoms with Gasteiger partial charge in [-0.1, -0.05) is 63.4 Å². The first-order valence-electron chi connectivity index (χ1n) is 10.8. The first-order chi connectivity index (χ1) is 15.7. The molecule has 176 valence electrons. The Morgan fingerprint density at radius 1 is 0.758 bits per heavy atom. The summed E-state index contributed by atoms with van der Waals surface area (Å²) < 4.78 is 22.2. The Morgan fingerprint density at radius 3 is 1.52 bits per heavy atom. The largest absolute Gasteiger partial charge is 0.489 e. The summed E-state index contributed by atoms with van der Waals surface area (Å²) in [4.78, 5) is 22.6. The standard InChI is InChI=1S/C27H32O6/c1-7-23(28)30-15-17-32-25-19(3)11-9-13-21(25)27(5,6)22-14-10-12-20(4)26(22)33-18-16-31-24(29)8-2/h7-14H,1-2,15-18H2,3-6H3. The van der Waals surface area contributed by atoms with Gasteiger partial charge in [-0.25, -0.2) is 9.59 Å². The fraction of sp³-hybridized carbons (Fsp3) is 0.333. The average Bonchev–Trinajstić information content (AvgIpc) is 2.80. The predicted octanol–water partition coefficient (Wildman–Crippen LogP) is 4.85. The van der Waals surface area contributed by atoms with Crippen molar-refractivity contribution >= 4 is 11.9 Å². The summed E-state index contributed by atoms with van der Waals surface area (Å²) in [6.45, 7) is 15.6. The number of rotatable bonds is 12. The van der Waals surface area contributed by atoms with Crippen LogP contribution < -0.4 is 9.47 Å². The molecule has 2 aromatic carbocycles. The number of hydrogen-bond donors (Lipinski definition) is 0. The molecule has 0 aromatic heterocycles. The molecule has 0 amide bonds. The van der Waals surface area contributed by atoms with E-state index in [1.165, 1.54) is 0 Å². The van der Waals surface area contributed by atoms with Crippen molar-refractivity contribution in [3.63, 3.8) is 0 Å². The highest BCUT2D eigenvalue weighted by Crippen LogP contribution is 2.43. The fourth-order valence-corrected chi connectivity index (χ4v) is 3.51. The van der Waals surface area contributed by atoms with Gasteiger partial charge in [-0.15, -0.1) is 0 Å². The Labute approximate surface area is 195 Å². The molecule has 0 aliphatic heterocycles. The first-order valence-corrected chi connectivity index (χ1v) is 10.8. The summed E-state index contributed by atoms with van der Waals surface area (Å²) in [5.74, 6) is 0.516. The Bertz CT molecular complexity index is 926. The van der Waals surface area contributed by atoms with E-state index in [1.54, 1.807) is 0 Å². The number of carbonyl (C=O) groups is 2. The molecule has 2 aromatic rings. The van der Waals surface area contributed by atoms with Crippen LogP contribution in [0.2, 0.25) is 0 Å². The molecule has 0 aliphatic carbocycles. The number of para-hydroxylation sites is 2. The van der Waals surface area contributed by atoms with E-state index in [1.807, 2.05) is 50.2 Å². The van der Waals surface area contributed by atoms with Gasteiger partial charge in [-0.05, 0) is 25.0 Å². The second kappa shape index (κ2) is 11.9. The Hall–Kier alpha value is -3.54. The molecule has 6 heteroatoms. The molecule has 6 nitrogen and oxygen atoms in total. The normalized spacial score (nSPS) is 10.8. The van der Waals surface area contributed by atoms with E-state index in [4.69, 9.17) is 18.9 Å². The van der Waals surface area contributed by atoms with E-state index in [9.17, 15) is 9.59 Å². The smallest absolute Gasteiger partial charge is 0.330 e. The van der Waals surface area contributed by atoms with Crippen LogP contribution >= 0.6 is 0 Å². The van der Waals surface area contributed by atoms with E-state index in [0.717, 1.165) is 45.9 Å². The number of benzene rings is 2. The maximum Gasteiger partial charge on any atom is 0.330 e. The van der Waals surface area contributed by atoms with Crippen molar-refractivity contribution in [2.75, 3.05) is 26.4 Å². The van der Waals surface area contributed by atoms with Gasteiger partial charge in [0.15, 0.2) is 0 Å². The molecule has 0 heterocycles. The minimum Gasteiger partial charge on any atom is -0.489 e. The minimum absolute atomic E-state index is 0.126. The number of carbonyl (C=O) groups excluding carboxylic acids is 2. The summed E-state index contributed by atoms with van der Waals surface area (Å²) in [6.07, 6.45) is 2.25. The minimum atomic E-state index is -0.482. The lowest BCUT2D eigenvalue weighted by molar-refractivity contribution is -0.139. The number of esters is 2. The quantitative estimate of drug-likeness (QED) is 0.261.